The molecule has 1 aromatic rings. The number of nitrogens with one attached hydrogen (secondary N) is 1. The molecular formula is C13H21N5O2. The first-order valence-corrected chi connectivity index (χ1v) is 7.15. The number of hydrogen-bond donors (Lipinski definition) is 1. The molecule has 1 aliphatic heterocycles. The van der Waals surface area contributed by atoms with Gasteiger partial charge in [0.1, 0.15) is 6.33 Å². The van der Waals surface area contributed by atoms with Gasteiger partial charge in [0.15, 0.2) is 0 Å². The fourth-order valence-corrected chi connectivity index (χ4v) is 2.53. The molecule has 0 bridgehead atoms. The predicted molar refractivity (Wildman–Crippen MR) is 78.1 cm³/mol. The third kappa shape index (κ3) is 2.97. The Morgan fingerprint density at radius 2 is 2.30 bits per heavy atom. The van der Waals surface area contributed by atoms with Crippen LogP contribution in [0.4, 0.5) is 17.3 Å². The zero-order chi connectivity index (χ0) is 14.5. The van der Waals surface area contributed by atoms with Gasteiger partial charge < -0.3 is 10.2 Å². The van der Waals surface area contributed by atoms with Gasteiger partial charge in [-0.3, -0.25) is 10.1 Å². The summed E-state index contributed by atoms with van der Waals surface area (Å²) in [6.07, 6.45) is 5.54. The molecule has 0 spiro atoms. The van der Waals surface area contributed by atoms with E-state index in [0.29, 0.717) is 18.2 Å². The normalized spacial score (nSPS) is 18.9. The number of piperidine rings is 1. The number of rotatable bonds is 5. The molecule has 2 rings (SSSR count). The lowest BCUT2D eigenvalue weighted by Gasteiger charge is -2.33. The van der Waals surface area contributed by atoms with Crippen LogP contribution < -0.4 is 10.2 Å². The van der Waals surface area contributed by atoms with Crippen LogP contribution in [-0.2, 0) is 0 Å². The molecule has 0 saturated carbocycles. The summed E-state index contributed by atoms with van der Waals surface area (Å²) in [6.45, 7) is 5.57. The highest BCUT2D eigenvalue weighted by Gasteiger charge is 2.30. The SMILES string of the molecule is CCCNc1ncnc(N2CCCCC2C)c1[N+](=O)[O-]. The van der Waals surface area contributed by atoms with E-state index in [2.05, 4.69) is 22.2 Å². The number of nitrogens with zero attached hydrogens (tertiary/aromatic N) is 4. The second-order valence-corrected chi connectivity index (χ2v) is 5.12. The summed E-state index contributed by atoms with van der Waals surface area (Å²) >= 11 is 0. The lowest BCUT2D eigenvalue weighted by atomic mass is 10.0. The third-order valence-electron chi connectivity index (χ3n) is 3.60. The van der Waals surface area contributed by atoms with E-state index < -0.39 is 0 Å². The van der Waals surface area contributed by atoms with Crippen LogP contribution in [0.15, 0.2) is 6.33 Å². The van der Waals surface area contributed by atoms with Crippen molar-refractivity contribution in [3.63, 3.8) is 0 Å². The molecule has 7 heteroatoms. The highest BCUT2D eigenvalue weighted by Crippen LogP contribution is 2.34. The van der Waals surface area contributed by atoms with Gasteiger partial charge in [-0.15, -0.1) is 0 Å². The first-order chi connectivity index (χ1) is 9.65. The number of nitro groups is 1. The highest BCUT2D eigenvalue weighted by atomic mass is 16.6. The van der Waals surface area contributed by atoms with E-state index in [1.165, 1.54) is 6.33 Å². The van der Waals surface area contributed by atoms with Gasteiger partial charge in [0.05, 0.1) is 4.92 Å². The maximum absolute atomic E-state index is 11.4. The van der Waals surface area contributed by atoms with Crippen LogP contribution >= 0.6 is 0 Å². The van der Waals surface area contributed by atoms with Gasteiger partial charge in [0.25, 0.3) is 0 Å². The van der Waals surface area contributed by atoms with Crippen molar-refractivity contribution in [2.75, 3.05) is 23.3 Å². The van der Waals surface area contributed by atoms with Gasteiger partial charge >= 0.3 is 5.69 Å². The minimum atomic E-state index is -0.380. The quantitative estimate of drug-likeness (QED) is 0.658. The molecule has 20 heavy (non-hydrogen) atoms. The molecular weight excluding hydrogens is 258 g/mol. The Morgan fingerprint density at radius 3 is 2.95 bits per heavy atom. The average molecular weight is 279 g/mol. The standard InChI is InChI=1S/C13H21N5O2/c1-3-7-14-12-11(18(19)20)13(16-9-15-12)17-8-5-4-6-10(17)2/h9-10H,3-8H2,1-2H3,(H,14,15,16). The van der Waals surface area contributed by atoms with Gasteiger partial charge in [-0.2, -0.15) is 0 Å². The van der Waals surface area contributed by atoms with E-state index in [4.69, 9.17) is 0 Å². The van der Waals surface area contributed by atoms with Gasteiger partial charge in [-0.05, 0) is 32.6 Å². The Kier molecular flexibility index (Phi) is 4.70. The second kappa shape index (κ2) is 6.49. The molecule has 1 aromatic heterocycles. The van der Waals surface area contributed by atoms with Gasteiger partial charge in [-0.1, -0.05) is 6.92 Å². The predicted octanol–water partition coefficient (Wildman–Crippen LogP) is 2.59. The molecule has 1 saturated heterocycles. The molecule has 1 unspecified atom stereocenters. The molecule has 1 atom stereocenters. The van der Waals surface area contributed by atoms with Crippen molar-refractivity contribution in [1.82, 2.24) is 9.97 Å². The number of anilines is 2. The van der Waals surface area contributed by atoms with Gasteiger partial charge in [-0.25, -0.2) is 9.97 Å². The van der Waals surface area contributed by atoms with Crippen LogP contribution in [0.3, 0.4) is 0 Å². The van der Waals surface area contributed by atoms with E-state index in [0.717, 1.165) is 32.2 Å². The summed E-state index contributed by atoms with van der Waals surface area (Å²) in [4.78, 5) is 21.3. The van der Waals surface area contributed by atoms with E-state index in [1.807, 2.05) is 11.8 Å². The lowest BCUT2D eigenvalue weighted by molar-refractivity contribution is -0.383. The molecule has 1 N–H and O–H groups in total. The Labute approximate surface area is 118 Å². The molecule has 110 valence electrons. The summed E-state index contributed by atoms with van der Waals surface area (Å²) in [5.41, 5.74) is -0.00491. The van der Waals surface area contributed by atoms with Crippen LogP contribution in [0.25, 0.3) is 0 Å². The summed E-state index contributed by atoms with van der Waals surface area (Å²) in [5.74, 6) is 0.760. The minimum Gasteiger partial charge on any atom is -0.364 e. The molecule has 0 aliphatic carbocycles. The topological polar surface area (TPSA) is 84.2 Å². The van der Waals surface area contributed by atoms with Crippen LogP contribution in [0.5, 0.6) is 0 Å². The molecule has 0 aromatic carbocycles. The molecule has 1 aliphatic rings. The smallest absolute Gasteiger partial charge is 0.353 e. The maximum Gasteiger partial charge on any atom is 0.353 e. The van der Waals surface area contributed by atoms with Crippen molar-refractivity contribution >= 4 is 17.3 Å². The Morgan fingerprint density at radius 1 is 1.50 bits per heavy atom. The van der Waals surface area contributed by atoms with Gasteiger partial charge in [0, 0.05) is 19.1 Å². The Hall–Kier alpha value is -1.92. The van der Waals surface area contributed by atoms with E-state index in [1.54, 1.807) is 0 Å². The maximum atomic E-state index is 11.4. The van der Waals surface area contributed by atoms with E-state index in [9.17, 15) is 10.1 Å². The zero-order valence-corrected chi connectivity index (χ0v) is 12.0. The Balaban J connectivity index is 2.38. The first-order valence-electron chi connectivity index (χ1n) is 7.15. The van der Waals surface area contributed by atoms with Crippen molar-refractivity contribution in [2.24, 2.45) is 0 Å². The molecule has 0 radical (unpaired) electrons. The van der Waals surface area contributed by atoms with Crippen molar-refractivity contribution in [3.05, 3.63) is 16.4 Å². The number of hydrogen-bond acceptors (Lipinski definition) is 6. The van der Waals surface area contributed by atoms with Crippen LogP contribution in [0.1, 0.15) is 39.5 Å². The average Bonchev–Trinajstić information content (AvgIpc) is 2.45. The fourth-order valence-electron chi connectivity index (χ4n) is 2.53. The monoisotopic (exact) mass is 279 g/mol. The largest absolute Gasteiger partial charge is 0.364 e. The van der Waals surface area contributed by atoms with Crippen molar-refractivity contribution in [3.8, 4) is 0 Å². The van der Waals surface area contributed by atoms with Crippen molar-refractivity contribution < 1.29 is 4.92 Å². The molecule has 1 fully saturated rings. The summed E-state index contributed by atoms with van der Waals surface area (Å²) < 4.78 is 0. The molecule has 7 nitrogen and oxygen atoms in total. The van der Waals surface area contributed by atoms with Crippen molar-refractivity contribution in [1.29, 1.82) is 0 Å². The third-order valence-corrected chi connectivity index (χ3v) is 3.60. The van der Waals surface area contributed by atoms with Crippen LogP contribution in [0, 0.1) is 10.1 Å². The zero-order valence-electron chi connectivity index (χ0n) is 12.0. The molecule has 2 heterocycles. The summed E-state index contributed by atoms with van der Waals surface area (Å²) in [6, 6.07) is 0.274. The minimum absolute atomic E-state index is 0.00491. The highest BCUT2D eigenvalue weighted by molar-refractivity contribution is 5.70. The van der Waals surface area contributed by atoms with Gasteiger partial charge in [0.2, 0.25) is 11.6 Å². The van der Waals surface area contributed by atoms with Crippen LogP contribution in [-0.4, -0.2) is 34.0 Å². The summed E-state index contributed by atoms with van der Waals surface area (Å²) in [7, 11) is 0. The molecule has 0 amide bonds. The Bertz CT molecular complexity index is 480. The van der Waals surface area contributed by atoms with E-state index >= 15 is 0 Å². The van der Waals surface area contributed by atoms with Crippen molar-refractivity contribution in [2.45, 2.75) is 45.6 Å². The fraction of sp³-hybridized carbons (Fsp3) is 0.692. The number of aromatic nitrogens is 2. The lowest BCUT2D eigenvalue weighted by Crippen LogP contribution is -2.38. The first kappa shape index (κ1) is 14.5. The summed E-state index contributed by atoms with van der Waals surface area (Å²) in [5, 5.41) is 14.4. The van der Waals surface area contributed by atoms with E-state index in [-0.39, 0.29) is 16.7 Å². The van der Waals surface area contributed by atoms with Crippen LogP contribution in [0.2, 0.25) is 0 Å². The second-order valence-electron chi connectivity index (χ2n) is 5.12.